The monoisotopic (exact) mass is 717 g/mol. The van der Waals surface area contributed by atoms with E-state index in [2.05, 4.69) is 32.7 Å². The molecular weight excluding hydrogens is 670 g/mol. The largest absolute Gasteiger partial charge is 0.461 e. The highest BCUT2D eigenvalue weighted by Gasteiger charge is 2.49. The number of likely N-dealkylation sites (N-methyl/N-ethyl adjacent to an activating group) is 1. The Labute approximate surface area is 309 Å². The van der Waals surface area contributed by atoms with E-state index in [1.807, 2.05) is 54.6 Å². The number of pyridine rings is 1. The molecule has 0 radical (unpaired) electrons. The third kappa shape index (κ3) is 7.13. The fraction of sp³-hybridized carbons (Fsp3) is 0.475. The molecule has 5 heterocycles. The Bertz CT molecular complexity index is 2070. The molecule has 0 spiro atoms. The summed E-state index contributed by atoms with van der Waals surface area (Å²) < 4.78 is 13.9. The van der Waals surface area contributed by atoms with Crippen molar-refractivity contribution < 1.29 is 14.3 Å². The predicted octanol–water partition coefficient (Wildman–Crippen LogP) is 3.79. The summed E-state index contributed by atoms with van der Waals surface area (Å²) in [6, 6.07) is 19.9. The van der Waals surface area contributed by atoms with Crippen LogP contribution in [0.4, 0.5) is 16.3 Å². The first-order valence-corrected chi connectivity index (χ1v) is 18.7. The summed E-state index contributed by atoms with van der Waals surface area (Å²) >= 11 is 0. The van der Waals surface area contributed by atoms with Crippen molar-refractivity contribution in [3.63, 3.8) is 0 Å². The Hall–Kier alpha value is -5.19. The summed E-state index contributed by atoms with van der Waals surface area (Å²) in [5, 5.41) is 11.4. The van der Waals surface area contributed by atoms with Gasteiger partial charge < -0.3 is 33.6 Å². The van der Waals surface area contributed by atoms with Crippen LogP contribution in [0.25, 0.3) is 10.8 Å². The second kappa shape index (κ2) is 14.7. The van der Waals surface area contributed by atoms with Crippen LogP contribution in [0, 0.1) is 11.3 Å². The molecule has 2 saturated heterocycles. The standard InChI is InChI=1S/C40H47N9O4/c1-44-19-22-48(23-20-44)40(14-15-40)28-53-38-42-33-26-46(34-10-6-9-30-12-17-45(2)37(50)35(30)34)18-13-32(33)36(43-38)47-21-24-49(31(25-47)11-16-41)39(51)52-27-29-7-4-3-5-8-29/h3-10,12,17,31H,11,13-15,18-28H2,1-2H3/t31-/m0/s1. The van der Waals surface area contributed by atoms with E-state index in [4.69, 9.17) is 19.4 Å². The molecule has 1 atom stereocenters. The molecule has 4 aliphatic rings. The quantitative estimate of drug-likeness (QED) is 0.251. The number of ether oxygens (including phenoxy) is 2. The molecule has 13 nitrogen and oxygen atoms in total. The molecule has 1 amide bonds. The number of rotatable bonds is 9. The van der Waals surface area contributed by atoms with Crippen LogP contribution in [0.2, 0.25) is 0 Å². The SMILES string of the molecule is CN1CCN(C2(COc3nc4c(c(N5CCN(C(=O)OCc6ccccc6)[C@@H](CC#N)C5)n3)CCN(c3cccc5ccn(C)c(=O)c35)C4)CC2)CC1. The summed E-state index contributed by atoms with van der Waals surface area (Å²) in [4.78, 5) is 47.9. The van der Waals surface area contributed by atoms with Gasteiger partial charge in [0, 0.05) is 71.2 Å². The maximum Gasteiger partial charge on any atom is 0.410 e. The zero-order chi connectivity index (χ0) is 36.5. The van der Waals surface area contributed by atoms with Gasteiger partial charge in [0.1, 0.15) is 19.0 Å². The van der Waals surface area contributed by atoms with E-state index in [-0.39, 0.29) is 30.2 Å². The van der Waals surface area contributed by atoms with E-state index in [0.717, 1.165) is 72.7 Å². The molecule has 3 aliphatic heterocycles. The lowest BCUT2D eigenvalue weighted by atomic mass is 10.0. The van der Waals surface area contributed by atoms with Crippen molar-refractivity contribution in [2.45, 2.75) is 50.4 Å². The third-order valence-corrected chi connectivity index (χ3v) is 11.5. The lowest BCUT2D eigenvalue weighted by Gasteiger charge is -2.42. The molecule has 2 aromatic heterocycles. The van der Waals surface area contributed by atoms with Crippen molar-refractivity contribution in [2.24, 2.45) is 7.05 Å². The average Bonchev–Trinajstić information content (AvgIpc) is 3.98. The Kier molecular flexibility index (Phi) is 9.66. The number of piperazine rings is 2. The van der Waals surface area contributed by atoms with Gasteiger partial charge in [0.15, 0.2) is 0 Å². The van der Waals surface area contributed by atoms with E-state index in [1.165, 1.54) is 0 Å². The van der Waals surface area contributed by atoms with Gasteiger partial charge in [-0.3, -0.25) is 9.69 Å². The Morgan fingerprint density at radius 1 is 0.943 bits per heavy atom. The summed E-state index contributed by atoms with van der Waals surface area (Å²) in [5.41, 5.74) is 3.69. The van der Waals surface area contributed by atoms with Crippen molar-refractivity contribution in [2.75, 3.05) is 75.8 Å². The number of anilines is 2. The summed E-state index contributed by atoms with van der Waals surface area (Å²) in [5.74, 6) is 0.795. The number of aryl methyl sites for hydroxylation is 1. The molecule has 2 aromatic carbocycles. The molecule has 3 fully saturated rings. The number of nitrogens with zero attached hydrogens (tertiary/aromatic N) is 9. The molecule has 13 heteroatoms. The van der Waals surface area contributed by atoms with Crippen LogP contribution in [0.3, 0.4) is 0 Å². The maximum atomic E-state index is 13.4. The second-order valence-electron chi connectivity index (χ2n) is 14.9. The molecule has 276 valence electrons. The number of hydrogen-bond acceptors (Lipinski definition) is 11. The van der Waals surface area contributed by atoms with Gasteiger partial charge >= 0.3 is 12.1 Å². The van der Waals surface area contributed by atoms with Crippen LogP contribution in [0.5, 0.6) is 6.01 Å². The van der Waals surface area contributed by atoms with Gasteiger partial charge in [0.2, 0.25) is 0 Å². The van der Waals surface area contributed by atoms with Crippen LogP contribution < -0.4 is 20.1 Å². The average molecular weight is 718 g/mol. The fourth-order valence-corrected chi connectivity index (χ4v) is 8.10. The number of benzene rings is 2. The molecule has 8 rings (SSSR count). The van der Waals surface area contributed by atoms with Crippen LogP contribution in [0.1, 0.15) is 36.1 Å². The highest BCUT2D eigenvalue weighted by molar-refractivity contribution is 5.93. The molecule has 0 bridgehead atoms. The fourth-order valence-electron chi connectivity index (χ4n) is 8.10. The molecule has 4 aromatic rings. The Morgan fingerprint density at radius 3 is 2.53 bits per heavy atom. The minimum atomic E-state index is -0.419. The topological polar surface area (TPSA) is 123 Å². The van der Waals surface area contributed by atoms with Crippen LogP contribution >= 0.6 is 0 Å². The number of hydrogen-bond donors (Lipinski definition) is 0. The van der Waals surface area contributed by atoms with E-state index in [0.29, 0.717) is 57.1 Å². The van der Waals surface area contributed by atoms with Crippen molar-refractivity contribution in [1.82, 2.24) is 29.2 Å². The van der Waals surface area contributed by atoms with Gasteiger partial charge in [-0.05, 0) is 49.4 Å². The normalized spacial score (nSPS) is 20.2. The first kappa shape index (κ1) is 34.9. The van der Waals surface area contributed by atoms with E-state index < -0.39 is 6.09 Å². The minimum Gasteiger partial charge on any atom is -0.461 e. The van der Waals surface area contributed by atoms with Gasteiger partial charge in [0.25, 0.3) is 5.56 Å². The molecule has 0 N–H and O–H groups in total. The highest BCUT2D eigenvalue weighted by atomic mass is 16.6. The smallest absolute Gasteiger partial charge is 0.410 e. The first-order valence-electron chi connectivity index (χ1n) is 18.7. The predicted molar refractivity (Wildman–Crippen MR) is 202 cm³/mol. The summed E-state index contributed by atoms with van der Waals surface area (Å²) in [6.45, 7) is 7.37. The number of amides is 1. The highest BCUT2D eigenvalue weighted by Crippen LogP contribution is 2.43. The van der Waals surface area contributed by atoms with Crippen molar-refractivity contribution in [3.05, 3.63) is 88.0 Å². The van der Waals surface area contributed by atoms with Gasteiger partial charge in [-0.15, -0.1) is 0 Å². The minimum absolute atomic E-state index is 0.0133. The lowest BCUT2D eigenvalue weighted by Crippen LogP contribution is -2.56. The number of aromatic nitrogens is 3. The Morgan fingerprint density at radius 2 is 1.75 bits per heavy atom. The molecule has 53 heavy (non-hydrogen) atoms. The van der Waals surface area contributed by atoms with E-state index >= 15 is 0 Å². The number of nitriles is 1. The lowest BCUT2D eigenvalue weighted by molar-refractivity contribution is 0.0649. The maximum absolute atomic E-state index is 13.4. The van der Waals surface area contributed by atoms with Crippen molar-refractivity contribution in [3.8, 4) is 12.1 Å². The van der Waals surface area contributed by atoms with Crippen molar-refractivity contribution >= 4 is 28.4 Å². The molecule has 1 aliphatic carbocycles. The number of fused-ring (bicyclic) bond motifs is 2. The zero-order valence-corrected chi connectivity index (χ0v) is 30.6. The van der Waals surface area contributed by atoms with E-state index in [9.17, 15) is 14.9 Å². The molecular formula is C40H47N9O4. The van der Waals surface area contributed by atoms with Crippen LogP contribution in [-0.4, -0.2) is 113 Å². The molecule has 1 saturated carbocycles. The van der Waals surface area contributed by atoms with E-state index in [1.54, 1.807) is 22.7 Å². The summed E-state index contributed by atoms with van der Waals surface area (Å²) in [6.07, 6.45) is 4.41. The van der Waals surface area contributed by atoms with Gasteiger partial charge in [-0.2, -0.15) is 15.2 Å². The van der Waals surface area contributed by atoms with Crippen LogP contribution in [0.15, 0.2) is 65.6 Å². The Balaban J connectivity index is 1.07. The molecule has 0 unspecified atom stereocenters. The number of carbonyl (C=O) groups is 1. The zero-order valence-electron chi connectivity index (χ0n) is 30.6. The first-order chi connectivity index (χ1) is 25.8. The third-order valence-electron chi connectivity index (χ3n) is 11.5. The number of carbonyl (C=O) groups excluding carboxylic acids is 1. The summed E-state index contributed by atoms with van der Waals surface area (Å²) in [7, 11) is 3.95. The van der Waals surface area contributed by atoms with Crippen LogP contribution in [-0.2, 0) is 31.4 Å². The second-order valence-corrected chi connectivity index (χ2v) is 14.9. The van der Waals surface area contributed by atoms with Gasteiger partial charge in [-0.25, -0.2) is 4.79 Å². The van der Waals surface area contributed by atoms with Gasteiger partial charge in [-0.1, -0.05) is 42.5 Å². The van der Waals surface area contributed by atoms with Crippen molar-refractivity contribution in [1.29, 1.82) is 5.26 Å². The van der Waals surface area contributed by atoms with Gasteiger partial charge in [0.05, 0.1) is 47.4 Å².